The van der Waals surface area contributed by atoms with Crippen molar-refractivity contribution < 1.29 is 4.74 Å². The molecule has 35 heavy (non-hydrogen) atoms. The summed E-state index contributed by atoms with van der Waals surface area (Å²) < 4.78 is 7.13. The number of hydrogen-bond donors (Lipinski definition) is 0. The van der Waals surface area contributed by atoms with Gasteiger partial charge in [0.2, 0.25) is 0 Å². The Morgan fingerprint density at radius 3 is 1.29 bits per heavy atom. The maximum absolute atomic E-state index is 7.13. The van der Waals surface area contributed by atoms with Gasteiger partial charge in [0.05, 0.1) is 0 Å². The van der Waals surface area contributed by atoms with Gasteiger partial charge < -0.3 is 4.74 Å². The largest absolute Gasteiger partial charge is 0.356 e. The van der Waals surface area contributed by atoms with Gasteiger partial charge in [-0.1, -0.05) is 128 Å². The highest BCUT2D eigenvalue weighted by Crippen LogP contribution is 2.39. The summed E-state index contributed by atoms with van der Waals surface area (Å²) in [6.45, 7) is 0. The summed E-state index contributed by atoms with van der Waals surface area (Å²) in [7, 11) is 0. The van der Waals surface area contributed by atoms with Crippen molar-refractivity contribution in [2.24, 2.45) is 0 Å². The number of aryl methyl sites for hydroxylation is 2. The summed E-state index contributed by atoms with van der Waals surface area (Å²) in [5, 5.41) is 3.18. The van der Waals surface area contributed by atoms with E-state index in [1.165, 1.54) is 11.1 Å². The Morgan fingerprint density at radius 2 is 0.914 bits per heavy atom. The molecule has 0 bridgehead atoms. The minimum Gasteiger partial charge on any atom is -0.356 e. The fourth-order valence-corrected chi connectivity index (χ4v) is 5.42. The number of ether oxygens (including phenoxy) is 1. The second-order valence-electron chi connectivity index (χ2n) is 8.27. The molecule has 4 aromatic rings. The van der Waals surface area contributed by atoms with Crippen LogP contribution in [0.2, 0.25) is 10.0 Å². The van der Waals surface area contributed by atoms with E-state index < -0.39 is 0 Å². The van der Waals surface area contributed by atoms with Crippen molar-refractivity contribution in [2.75, 3.05) is 10.7 Å². The molecular weight excluding hydrogens is 607 g/mol. The quantitative estimate of drug-likeness (QED) is 0.158. The van der Waals surface area contributed by atoms with E-state index in [2.05, 4.69) is 105 Å². The van der Waals surface area contributed by atoms with Crippen LogP contribution < -0.4 is 0 Å². The van der Waals surface area contributed by atoms with Gasteiger partial charge in [-0.15, -0.1) is 0 Å². The fourth-order valence-electron chi connectivity index (χ4n) is 4.31. The molecule has 0 saturated carbocycles. The Hall–Kier alpha value is -1.62. The first-order valence-electron chi connectivity index (χ1n) is 11.5. The van der Waals surface area contributed by atoms with Crippen LogP contribution in [0.15, 0.2) is 97.1 Å². The van der Waals surface area contributed by atoms with Crippen LogP contribution in [0.25, 0.3) is 0 Å². The minimum absolute atomic E-state index is 0.278. The lowest BCUT2D eigenvalue weighted by atomic mass is 9.92. The first-order valence-corrected chi connectivity index (χ1v) is 14.5. The van der Waals surface area contributed by atoms with Gasteiger partial charge in [-0.3, -0.25) is 0 Å². The third-order valence-corrected chi connectivity index (χ3v) is 7.32. The van der Waals surface area contributed by atoms with Crippen molar-refractivity contribution in [1.29, 1.82) is 0 Å². The van der Waals surface area contributed by atoms with E-state index in [1.807, 2.05) is 24.3 Å². The van der Waals surface area contributed by atoms with Crippen molar-refractivity contribution in [3.05, 3.63) is 140 Å². The van der Waals surface area contributed by atoms with E-state index in [9.17, 15) is 0 Å². The van der Waals surface area contributed by atoms with Gasteiger partial charge in [0.1, 0.15) is 12.2 Å². The van der Waals surface area contributed by atoms with Gasteiger partial charge in [0.25, 0.3) is 0 Å². The predicted molar refractivity (Wildman–Crippen MR) is 156 cm³/mol. The molecule has 0 aromatic heterocycles. The summed E-state index contributed by atoms with van der Waals surface area (Å²) in [5.74, 6) is 0. The molecular formula is C30H26Br2Cl2O. The Labute approximate surface area is 234 Å². The fraction of sp³-hybridized carbons (Fsp3) is 0.200. The Bertz CT molecular complexity index is 1130. The summed E-state index contributed by atoms with van der Waals surface area (Å²) in [5.41, 5.74) is 6.96. The Kier molecular flexibility index (Phi) is 9.88. The number of hydrogen-bond acceptors (Lipinski definition) is 1. The monoisotopic (exact) mass is 630 g/mol. The van der Waals surface area contributed by atoms with Gasteiger partial charge in [0, 0.05) is 20.7 Å². The molecule has 180 valence electrons. The third kappa shape index (κ3) is 6.78. The molecule has 0 N–H and O–H groups in total. The SMILES string of the molecule is Clc1ccc(C(OC(c2ccc(Cl)cc2)c2ccccc2CCBr)c2ccccc2CCBr)cc1. The highest BCUT2D eigenvalue weighted by molar-refractivity contribution is 9.09. The predicted octanol–water partition coefficient (Wildman–Crippen LogP) is 9.76. The zero-order chi connectivity index (χ0) is 24.6. The van der Waals surface area contributed by atoms with E-state index in [-0.39, 0.29) is 12.2 Å². The van der Waals surface area contributed by atoms with Crippen molar-refractivity contribution in [3.8, 4) is 0 Å². The molecule has 0 amide bonds. The highest BCUT2D eigenvalue weighted by Gasteiger charge is 2.26. The van der Waals surface area contributed by atoms with Gasteiger partial charge in [-0.2, -0.15) is 0 Å². The molecule has 4 aromatic carbocycles. The number of halogens is 4. The third-order valence-electron chi connectivity index (χ3n) is 6.02. The summed E-state index contributed by atoms with van der Waals surface area (Å²) in [6.07, 6.45) is 1.27. The molecule has 4 rings (SSSR count). The molecule has 0 aliphatic heterocycles. The smallest absolute Gasteiger partial charge is 0.109 e. The average Bonchev–Trinajstić information content (AvgIpc) is 2.88. The molecule has 0 aliphatic carbocycles. The van der Waals surface area contributed by atoms with Crippen LogP contribution in [0.5, 0.6) is 0 Å². The van der Waals surface area contributed by atoms with Crippen LogP contribution in [-0.2, 0) is 17.6 Å². The molecule has 2 unspecified atom stereocenters. The van der Waals surface area contributed by atoms with E-state index in [0.717, 1.165) is 45.8 Å². The molecule has 1 nitrogen and oxygen atoms in total. The molecule has 0 heterocycles. The highest BCUT2D eigenvalue weighted by atomic mass is 79.9. The zero-order valence-electron chi connectivity index (χ0n) is 19.1. The van der Waals surface area contributed by atoms with Crippen LogP contribution in [0, 0.1) is 0 Å². The number of benzene rings is 4. The molecule has 0 spiro atoms. The van der Waals surface area contributed by atoms with Gasteiger partial charge >= 0.3 is 0 Å². The molecule has 2 atom stereocenters. The number of alkyl halides is 2. The summed E-state index contributed by atoms with van der Waals surface area (Å²) in [4.78, 5) is 0. The van der Waals surface area contributed by atoms with Crippen molar-refractivity contribution in [1.82, 2.24) is 0 Å². The first kappa shape index (κ1) is 26.4. The first-order chi connectivity index (χ1) is 17.1. The molecule has 0 fully saturated rings. The van der Waals surface area contributed by atoms with E-state index in [0.29, 0.717) is 10.0 Å². The van der Waals surface area contributed by atoms with Gasteiger partial charge in [-0.05, 0) is 70.5 Å². The standard InChI is InChI=1S/C30H26Br2Cl2O/c31-19-17-21-5-1-3-7-27(21)29(23-9-13-25(33)14-10-23)35-30(24-11-15-26(34)16-12-24)28-8-4-2-6-22(28)18-20-32/h1-16,29-30H,17-20H2. The lowest BCUT2D eigenvalue weighted by molar-refractivity contribution is 0.0300. The van der Waals surface area contributed by atoms with Gasteiger partial charge in [-0.25, -0.2) is 0 Å². The Balaban J connectivity index is 1.86. The Morgan fingerprint density at radius 1 is 0.543 bits per heavy atom. The van der Waals surface area contributed by atoms with Gasteiger partial charge in [0.15, 0.2) is 0 Å². The van der Waals surface area contributed by atoms with Crippen LogP contribution in [0.4, 0.5) is 0 Å². The molecule has 0 saturated heterocycles. The average molecular weight is 633 g/mol. The minimum atomic E-state index is -0.278. The molecule has 5 heteroatoms. The van der Waals surface area contributed by atoms with Crippen LogP contribution in [0.1, 0.15) is 45.6 Å². The van der Waals surface area contributed by atoms with Crippen molar-refractivity contribution in [3.63, 3.8) is 0 Å². The second kappa shape index (κ2) is 13.1. The van der Waals surface area contributed by atoms with E-state index in [4.69, 9.17) is 27.9 Å². The normalized spacial score (nSPS) is 12.9. The number of rotatable bonds is 10. The zero-order valence-corrected chi connectivity index (χ0v) is 23.8. The lowest BCUT2D eigenvalue weighted by Crippen LogP contribution is -2.16. The second-order valence-corrected chi connectivity index (χ2v) is 10.7. The molecule has 0 aliphatic rings. The van der Waals surface area contributed by atoms with Crippen molar-refractivity contribution >= 4 is 55.1 Å². The molecule has 0 radical (unpaired) electrons. The summed E-state index contributed by atoms with van der Waals surface area (Å²) >= 11 is 19.7. The topological polar surface area (TPSA) is 9.23 Å². The maximum Gasteiger partial charge on any atom is 0.109 e. The van der Waals surface area contributed by atoms with Crippen LogP contribution >= 0.6 is 55.1 Å². The summed E-state index contributed by atoms with van der Waals surface area (Å²) in [6, 6.07) is 33.0. The van der Waals surface area contributed by atoms with Crippen LogP contribution in [0.3, 0.4) is 0 Å². The lowest BCUT2D eigenvalue weighted by Gasteiger charge is -2.29. The van der Waals surface area contributed by atoms with E-state index >= 15 is 0 Å². The maximum atomic E-state index is 7.13. The van der Waals surface area contributed by atoms with Crippen LogP contribution in [-0.4, -0.2) is 10.7 Å². The van der Waals surface area contributed by atoms with E-state index in [1.54, 1.807) is 0 Å². The van der Waals surface area contributed by atoms with Crippen molar-refractivity contribution in [2.45, 2.75) is 25.0 Å².